The van der Waals surface area contributed by atoms with Gasteiger partial charge in [0.25, 0.3) is 0 Å². The zero-order valence-corrected chi connectivity index (χ0v) is 8.79. The molecule has 2 rings (SSSR count). The van der Waals surface area contributed by atoms with Crippen LogP contribution < -0.4 is 5.73 Å². The summed E-state index contributed by atoms with van der Waals surface area (Å²) < 4.78 is 5.25. The minimum atomic E-state index is -0.0426. The molecule has 2 heterocycles. The topological polar surface area (TPSA) is 69.1 Å². The molecule has 0 aliphatic carbocycles. The van der Waals surface area contributed by atoms with E-state index in [2.05, 4.69) is 4.98 Å². The molecule has 0 fully saturated rings. The van der Waals surface area contributed by atoms with Crippen molar-refractivity contribution in [1.29, 1.82) is 0 Å². The molecule has 0 radical (unpaired) electrons. The molecule has 4 nitrogen and oxygen atoms in total. The van der Waals surface area contributed by atoms with Gasteiger partial charge < -0.3 is 10.2 Å². The summed E-state index contributed by atoms with van der Waals surface area (Å²) in [6.45, 7) is 0.313. The first-order valence-corrected chi connectivity index (χ1v) is 5.37. The lowest BCUT2D eigenvalue weighted by molar-refractivity contribution is 0.0965. The van der Waals surface area contributed by atoms with Gasteiger partial charge in [0.05, 0.1) is 18.5 Å². The molecule has 0 bridgehead atoms. The Hall–Kier alpha value is -1.46. The van der Waals surface area contributed by atoms with Crippen LogP contribution in [0.4, 0.5) is 0 Å². The maximum Gasteiger partial charge on any atom is 0.203 e. The third-order valence-electron chi connectivity index (χ3n) is 1.96. The molecule has 0 saturated carbocycles. The second kappa shape index (κ2) is 4.37. The van der Waals surface area contributed by atoms with Crippen LogP contribution in [-0.2, 0) is 13.0 Å². The fraction of sp³-hybridized carbons (Fsp3) is 0.200. The number of nitrogens with zero attached hydrogens (tertiary/aromatic N) is 1. The highest BCUT2D eigenvalue weighted by molar-refractivity contribution is 7.09. The van der Waals surface area contributed by atoms with Crippen molar-refractivity contribution in [3.8, 4) is 0 Å². The SMILES string of the molecule is NCc1ccc(C(=O)Cc2cncs2)o1. The number of rotatable bonds is 4. The summed E-state index contributed by atoms with van der Waals surface area (Å²) in [4.78, 5) is 16.5. The number of carbonyl (C=O) groups excluding carboxylic acids is 1. The van der Waals surface area contributed by atoms with Gasteiger partial charge in [-0.05, 0) is 12.1 Å². The standard InChI is InChI=1S/C10H10N2O2S/c11-4-7-1-2-10(14-7)9(13)3-8-5-12-6-15-8/h1-2,5-6H,3-4,11H2. The van der Waals surface area contributed by atoms with Crippen LogP contribution in [-0.4, -0.2) is 10.8 Å². The Bertz CT molecular complexity index is 448. The van der Waals surface area contributed by atoms with Gasteiger partial charge in [-0.2, -0.15) is 0 Å². The van der Waals surface area contributed by atoms with Crippen LogP contribution in [0.5, 0.6) is 0 Å². The van der Waals surface area contributed by atoms with Gasteiger partial charge in [-0.25, -0.2) is 0 Å². The third-order valence-corrected chi connectivity index (χ3v) is 2.74. The molecule has 0 aromatic carbocycles. The number of ketones is 1. The van der Waals surface area contributed by atoms with Crippen LogP contribution in [0.3, 0.4) is 0 Å². The number of thiazole rings is 1. The average molecular weight is 222 g/mol. The Labute approximate surface area is 90.7 Å². The summed E-state index contributed by atoms with van der Waals surface area (Å²) >= 11 is 1.46. The third kappa shape index (κ3) is 2.31. The molecule has 0 unspecified atom stereocenters. The summed E-state index contributed by atoms with van der Waals surface area (Å²) in [7, 11) is 0. The van der Waals surface area contributed by atoms with Crippen molar-refractivity contribution in [2.24, 2.45) is 5.73 Å². The molecule has 0 amide bonds. The summed E-state index contributed by atoms with van der Waals surface area (Å²) in [5.41, 5.74) is 7.09. The van der Waals surface area contributed by atoms with Gasteiger partial charge in [0.1, 0.15) is 5.76 Å². The zero-order chi connectivity index (χ0) is 10.7. The van der Waals surface area contributed by atoms with Gasteiger partial charge in [0, 0.05) is 11.1 Å². The maximum absolute atomic E-state index is 11.7. The lowest BCUT2D eigenvalue weighted by Gasteiger charge is -1.93. The Kier molecular flexibility index (Phi) is 2.94. The van der Waals surface area contributed by atoms with Gasteiger partial charge in [0.15, 0.2) is 5.76 Å². The molecule has 0 aliphatic rings. The van der Waals surface area contributed by atoms with Gasteiger partial charge in [-0.3, -0.25) is 9.78 Å². The number of carbonyl (C=O) groups is 1. The molecule has 5 heteroatoms. The molecule has 2 aromatic rings. The lowest BCUT2D eigenvalue weighted by Crippen LogP contribution is -2.00. The highest BCUT2D eigenvalue weighted by Gasteiger charge is 2.12. The Morgan fingerprint density at radius 1 is 1.53 bits per heavy atom. The molecule has 15 heavy (non-hydrogen) atoms. The van der Waals surface area contributed by atoms with E-state index in [0.29, 0.717) is 24.5 Å². The fourth-order valence-corrected chi connectivity index (χ4v) is 1.81. The summed E-state index contributed by atoms with van der Waals surface area (Å²) in [6, 6.07) is 3.38. The van der Waals surface area contributed by atoms with Crippen LogP contribution in [0.25, 0.3) is 0 Å². The number of furan rings is 1. The summed E-state index contributed by atoms with van der Waals surface area (Å²) in [5, 5.41) is 0. The van der Waals surface area contributed by atoms with Crippen LogP contribution in [0.2, 0.25) is 0 Å². The number of hydrogen-bond donors (Lipinski definition) is 1. The van der Waals surface area contributed by atoms with Crippen molar-refractivity contribution in [2.45, 2.75) is 13.0 Å². The highest BCUT2D eigenvalue weighted by atomic mass is 32.1. The Morgan fingerprint density at radius 2 is 2.40 bits per heavy atom. The quantitative estimate of drug-likeness (QED) is 0.798. The van der Waals surface area contributed by atoms with Gasteiger partial charge in [-0.15, -0.1) is 11.3 Å². The molecule has 2 aromatic heterocycles. The van der Waals surface area contributed by atoms with Gasteiger partial charge >= 0.3 is 0 Å². The summed E-state index contributed by atoms with van der Waals surface area (Å²) in [5.74, 6) is 0.949. The predicted molar refractivity (Wildman–Crippen MR) is 56.7 cm³/mol. The second-order valence-corrected chi connectivity index (χ2v) is 4.01. The number of hydrogen-bond acceptors (Lipinski definition) is 5. The van der Waals surface area contributed by atoms with E-state index in [1.165, 1.54) is 11.3 Å². The van der Waals surface area contributed by atoms with Crippen molar-refractivity contribution in [2.75, 3.05) is 0 Å². The fourth-order valence-electron chi connectivity index (χ4n) is 1.21. The largest absolute Gasteiger partial charge is 0.457 e. The smallest absolute Gasteiger partial charge is 0.203 e. The van der Waals surface area contributed by atoms with E-state index >= 15 is 0 Å². The number of nitrogens with two attached hydrogens (primary N) is 1. The molecule has 2 N–H and O–H groups in total. The van der Waals surface area contributed by atoms with Crippen LogP contribution in [0.15, 0.2) is 28.3 Å². The van der Waals surface area contributed by atoms with E-state index in [9.17, 15) is 4.79 Å². The first-order chi connectivity index (χ1) is 7.29. The number of aromatic nitrogens is 1. The lowest BCUT2D eigenvalue weighted by atomic mass is 10.2. The first kappa shape index (κ1) is 10.1. The minimum absolute atomic E-state index is 0.0426. The van der Waals surface area contributed by atoms with Crippen LogP contribution >= 0.6 is 11.3 Å². The predicted octanol–water partition coefficient (Wildman–Crippen LogP) is 1.62. The van der Waals surface area contributed by atoms with E-state index < -0.39 is 0 Å². The van der Waals surface area contributed by atoms with Crippen molar-refractivity contribution >= 4 is 17.1 Å². The Balaban J connectivity index is 2.08. The van der Waals surface area contributed by atoms with Crippen molar-refractivity contribution in [3.05, 3.63) is 40.2 Å². The normalized spacial score (nSPS) is 10.5. The molecule has 0 spiro atoms. The monoisotopic (exact) mass is 222 g/mol. The van der Waals surface area contributed by atoms with E-state index in [4.69, 9.17) is 10.2 Å². The van der Waals surface area contributed by atoms with Crippen molar-refractivity contribution in [3.63, 3.8) is 0 Å². The zero-order valence-electron chi connectivity index (χ0n) is 7.97. The van der Waals surface area contributed by atoms with Crippen molar-refractivity contribution < 1.29 is 9.21 Å². The first-order valence-electron chi connectivity index (χ1n) is 4.49. The maximum atomic E-state index is 11.7. The Morgan fingerprint density at radius 3 is 3.00 bits per heavy atom. The highest BCUT2D eigenvalue weighted by Crippen LogP contribution is 2.13. The minimum Gasteiger partial charge on any atom is -0.457 e. The van der Waals surface area contributed by atoms with Crippen LogP contribution in [0, 0.1) is 0 Å². The molecule has 0 atom stereocenters. The van der Waals surface area contributed by atoms with Crippen LogP contribution in [0.1, 0.15) is 21.2 Å². The molecule has 0 aliphatic heterocycles. The van der Waals surface area contributed by atoms with E-state index in [1.54, 1.807) is 23.8 Å². The van der Waals surface area contributed by atoms with E-state index in [0.717, 1.165) is 4.88 Å². The molecular weight excluding hydrogens is 212 g/mol. The molecular formula is C10H10N2O2S. The van der Waals surface area contributed by atoms with E-state index in [-0.39, 0.29) is 5.78 Å². The van der Waals surface area contributed by atoms with E-state index in [1.807, 2.05) is 0 Å². The number of Topliss-reactive ketones (excluding diaryl/α,β-unsaturated/α-hetero) is 1. The van der Waals surface area contributed by atoms with Crippen molar-refractivity contribution in [1.82, 2.24) is 4.98 Å². The second-order valence-electron chi connectivity index (χ2n) is 3.04. The summed E-state index contributed by atoms with van der Waals surface area (Å²) in [6.07, 6.45) is 2.03. The van der Waals surface area contributed by atoms with Gasteiger partial charge in [0.2, 0.25) is 5.78 Å². The molecule has 0 saturated heterocycles. The molecule has 78 valence electrons. The average Bonchev–Trinajstić information content (AvgIpc) is 2.86. The van der Waals surface area contributed by atoms with Gasteiger partial charge in [-0.1, -0.05) is 0 Å².